The van der Waals surface area contributed by atoms with Crippen LogP contribution in [0.3, 0.4) is 0 Å². The topological polar surface area (TPSA) is 44.5 Å². The number of imidazole rings is 1. The van der Waals surface area contributed by atoms with E-state index in [1.54, 1.807) is 12.1 Å². The first-order chi connectivity index (χ1) is 9.61. The van der Waals surface area contributed by atoms with Gasteiger partial charge >= 0.3 is 0 Å². The molecular weight excluding hydrogens is 280 g/mol. The summed E-state index contributed by atoms with van der Waals surface area (Å²) in [5, 5.41) is 9.09. The Bertz CT molecular complexity index is 918. The van der Waals surface area contributed by atoms with Crippen LogP contribution in [0, 0.1) is 27.7 Å². The molecule has 0 atom stereocenters. The van der Waals surface area contributed by atoms with Crippen molar-refractivity contribution >= 4 is 23.3 Å². The molecule has 0 aliphatic rings. The quantitative estimate of drug-likeness (QED) is 0.691. The van der Waals surface area contributed by atoms with Gasteiger partial charge in [0.15, 0.2) is 4.77 Å². The largest absolute Gasteiger partial charge is 0.330 e. The summed E-state index contributed by atoms with van der Waals surface area (Å²) in [5.74, 6) is -1.08. The molecule has 0 saturated carbocycles. The van der Waals surface area contributed by atoms with Gasteiger partial charge in [0.2, 0.25) is 0 Å². The number of aromatic nitrogens is 2. The second-order valence-corrected chi connectivity index (χ2v) is 4.56. The molecular formula is C14H7F2N3S. The number of rotatable bonds is 1. The van der Waals surface area contributed by atoms with Crippen LogP contribution in [0.25, 0.3) is 16.7 Å². The predicted octanol–water partition coefficient (Wildman–Crippen LogP) is 3.84. The van der Waals surface area contributed by atoms with Gasteiger partial charge in [0.05, 0.1) is 16.7 Å². The first-order valence-corrected chi connectivity index (χ1v) is 6.12. The van der Waals surface area contributed by atoms with Crippen molar-refractivity contribution in [2.24, 2.45) is 0 Å². The Labute approximate surface area is 117 Å². The Balaban J connectivity index is 2.45. The van der Waals surface area contributed by atoms with Crippen molar-refractivity contribution in [3.8, 4) is 11.8 Å². The number of nitriles is 1. The molecule has 0 unspecified atom stereocenters. The Hall–Kier alpha value is -2.52. The van der Waals surface area contributed by atoms with Gasteiger partial charge in [-0.05, 0) is 36.5 Å². The van der Waals surface area contributed by atoms with E-state index in [9.17, 15) is 8.78 Å². The highest BCUT2D eigenvalue weighted by atomic mass is 32.1. The number of nitrogens with zero attached hydrogens (tertiary/aromatic N) is 2. The minimum atomic E-state index is -0.641. The molecule has 0 bridgehead atoms. The zero-order chi connectivity index (χ0) is 14.3. The number of halogens is 2. The van der Waals surface area contributed by atoms with Crippen LogP contribution < -0.4 is 0 Å². The molecule has 98 valence electrons. The van der Waals surface area contributed by atoms with E-state index in [4.69, 9.17) is 17.5 Å². The normalized spacial score (nSPS) is 10.7. The minimum absolute atomic E-state index is 0.131. The van der Waals surface area contributed by atoms with Crippen LogP contribution in [0.5, 0.6) is 0 Å². The summed E-state index contributed by atoms with van der Waals surface area (Å²) in [6.07, 6.45) is 0. The van der Waals surface area contributed by atoms with Gasteiger partial charge in [-0.2, -0.15) is 5.26 Å². The number of fused-ring (bicyclic) bond motifs is 1. The van der Waals surface area contributed by atoms with Crippen LogP contribution in [0.1, 0.15) is 5.56 Å². The standard InChI is InChI=1S/C14H7F2N3S/c15-8-4-5-11-13(6-8)19(14(20)18-11)12-3-1-2-10(16)9(12)7-17/h1-6H,(H,18,20). The summed E-state index contributed by atoms with van der Waals surface area (Å²) < 4.78 is 28.8. The second kappa shape index (κ2) is 4.54. The first kappa shape index (κ1) is 12.5. The Morgan fingerprint density at radius 3 is 2.75 bits per heavy atom. The van der Waals surface area contributed by atoms with Crippen LogP contribution in [0.4, 0.5) is 8.78 Å². The molecule has 3 aromatic rings. The molecule has 1 aromatic heterocycles. The average Bonchev–Trinajstić information content (AvgIpc) is 2.73. The lowest BCUT2D eigenvalue weighted by atomic mass is 10.1. The summed E-state index contributed by atoms with van der Waals surface area (Å²) in [6.45, 7) is 0. The number of aromatic amines is 1. The highest BCUT2D eigenvalue weighted by molar-refractivity contribution is 7.71. The van der Waals surface area contributed by atoms with Crippen LogP contribution in [0.2, 0.25) is 0 Å². The fourth-order valence-corrected chi connectivity index (χ4v) is 2.43. The molecule has 3 nitrogen and oxygen atoms in total. The Morgan fingerprint density at radius 1 is 1.20 bits per heavy atom. The van der Waals surface area contributed by atoms with E-state index in [2.05, 4.69) is 4.98 Å². The average molecular weight is 287 g/mol. The molecule has 20 heavy (non-hydrogen) atoms. The number of hydrogen-bond donors (Lipinski definition) is 1. The molecule has 0 saturated heterocycles. The lowest BCUT2D eigenvalue weighted by Gasteiger charge is -2.07. The lowest BCUT2D eigenvalue weighted by molar-refractivity contribution is 0.622. The van der Waals surface area contributed by atoms with Crippen molar-refractivity contribution in [3.05, 3.63) is 58.4 Å². The van der Waals surface area contributed by atoms with Crippen molar-refractivity contribution in [3.63, 3.8) is 0 Å². The van der Waals surface area contributed by atoms with E-state index >= 15 is 0 Å². The number of H-pyrrole nitrogens is 1. The maximum Gasteiger partial charge on any atom is 0.182 e. The van der Waals surface area contributed by atoms with E-state index in [1.807, 2.05) is 6.07 Å². The zero-order valence-electron chi connectivity index (χ0n) is 10.0. The summed E-state index contributed by atoms with van der Waals surface area (Å²) in [6, 6.07) is 10.2. The fraction of sp³-hybridized carbons (Fsp3) is 0. The summed E-state index contributed by atoms with van der Waals surface area (Å²) >= 11 is 5.18. The van der Waals surface area contributed by atoms with Crippen LogP contribution >= 0.6 is 12.2 Å². The maximum absolute atomic E-state index is 13.7. The van der Waals surface area contributed by atoms with Crippen molar-refractivity contribution < 1.29 is 8.78 Å². The van der Waals surface area contributed by atoms with Gasteiger partial charge in [0.25, 0.3) is 0 Å². The molecule has 1 N–H and O–H groups in total. The monoisotopic (exact) mass is 287 g/mol. The van der Waals surface area contributed by atoms with Crippen molar-refractivity contribution in [2.45, 2.75) is 0 Å². The molecule has 0 aliphatic carbocycles. The van der Waals surface area contributed by atoms with Crippen LogP contribution in [-0.4, -0.2) is 9.55 Å². The molecule has 0 aliphatic heterocycles. The number of nitrogens with one attached hydrogen (secondary N) is 1. The van der Waals surface area contributed by atoms with Gasteiger partial charge in [-0.1, -0.05) is 6.07 Å². The van der Waals surface area contributed by atoms with Crippen LogP contribution in [0.15, 0.2) is 36.4 Å². The van der Waals surface area contributed by atoms with Gasteiger partial charge in [-0.15, -0.1) is 0 Å². The molecule has 6 heteroatoms. The van der Waals surface area contributed by atoms with E-state index in [-0.39, 0.29) is 16.0 Å². The van der Waals surface area contributed by atoms with E-state index in [0.29, 0.717) is 11.0 Å². The lowest BCUT2D eigenvalue weighted by Crippen LogP contribution is -2.00. The van der Waals surface area contributed by atoms with Gasteiger partial charge in [0.1, 0.15) is 23.3 Å². The molecule has 2 aromatic carbocycles. The van der Waals surface area contributed by atoms with Gasteiger partial charge in [-0.3, -0.25) is 4.57 Å². The van der Waals surface area contributed by atoms with Gasteiger partial charge in [-0.25, -0.2) is 8.78 Å². The summed E-state index contributed by atoms with van der Waals surface area (Å²) in [4.78, 5) is 2.90. The third-order valence-electron chi connectivity index (χ3n) is 2.99. The molecule has 0 spiro atoms. The number of hydrogen-bond acceptors (Lipinski definition) is 2. The van der Waals surface area contributed by atoms with E-state index in [1.165, 1.54) is 28.8 Å². The third kappa shape index (κ3) is 1.80. The SMILES string of the molecule is N#Cc1c(F)cccc1-n1c(=S)[nH]c2ccc(F)cc21. The van der Waals surface area contributed by atoms with E-state index in [0.717, 1.165) is 0 Å². The molecule has 0 fully saturated rings. The molecule has 3 rings (SSSR count). The van der Waals surface area contributed by atoms with E-state index < -0.39 is 11.6 Å². The van der Waals surface area contributed by atoms with Crippen LogP contribution in [-0.2, 0) is 0 Å². The Morgan fingerprint density at radius 2 is 2.00 bits per heavy atom. The van der Waals surface area contributed by atoms with Crippen molar-refractivity contribution in [1.29, 1.82) is 5.26 Å². The molecule has 0 radical (unpaired) electrons. The maximum atomic E-state index is 13.7. The number of benzene rings is 2. The zero-order valence-corrected chi connectivity index (χ0v) is 10.8. The van der Waals surface area contributed by atoms with Gasteiger partial charge in [0, 0.05) is 6.07 Å². The third-order valence-corrected chi connectivity index (χ3v) is 3.27. The fourth-order valence-electron chi connectivity index (χ4n) is 2.12. The smallest absolute Gasteiger partial charge is 0.182 e. The first-order valence-electron chi connectivity index (χ1n) is 5.71. The highest BCUT2D eigenvalue weighted by Gasteiger charge is 2.14. The predicted molar refractivity (Wildman–Crippen MR) is 73.1 cm³/mol. The molecule has 0 amide bonds. The van der Waals surface area contributed by atoms with Gasteiger partial charge < -0.3 is 4.98 Å². The van der Waals surface area contributed by atoms with Crippen molar-refractivity contribution in [2.75, 3.05) is 0 Å². The Kier molecular flexibility index (Phi) is 2.84. The van der Waals surface area contributed by atoms with Crippen molar-refractivity contribution in [1.82, 2.24) is 9.55 Å². The summed E-state index contributed by atoms with van der Waals surface area (Å²) in [5.41, 5.74) is 1.23. The summed E-state index contributed by atoms with van der Waals surface area (Å²) in [7, 11) is 0. The second-order valence-electron chi connectivity index (χ2n) is 4.17. The minimum Gasteiger partial charge on any atom is -0.330 e. The molecule has 1 heterocycles. The highest BCUT2D eigenvalue weighted by Crippen LogP contribution is 2.24.